The van der Waals surface area contributed by atoms with E-state index >= 15 is 0 Å². The van der Waals surface area contributed by atoms with Gasteiger partial charge in [-0.25, -0.2) is 0 Å². The molecule has 0 aliphatic heterocycles. The summed E-state index contributed by atoms with van der Waals surface area (Å²) in [5, 5.41) is 3.65. The van der Waals surface area contributed by atoms with E-state index in [-0.39, 0.29) is 0 Å². The smallest absolute Gasteiger partial charge is 0.0693 e. The molecule has 1 rings (SSSR count). The first-order chi connectivity index (χ1) is 6.65. The average Bonchev–Trinajstić information content (AvgIpc) is 2.69. The van der Waals surface area contributed by atoms with Gasteiger partial charge in [-0.1, -0.05) is 12.8 Å². The summed E-state index contributed by atoms with van der Waals surface area (Å²) in [6.45, 7) is 6.65. The summed E-state index contributed by atoms with van der Waals surface area (Å²) in [7, 11) is 1.78. The van der Waals surface area contributed by atoms with Crippen molar-refractivity contribution in [1.82, 2.24) is 5.32 Å². The van der Waals surface area contributed by atoms with E-state index in [0.717, 1.165) is 5.92 Å². The van der Waals surface area contributed by atoms with Gasteiger partial charge in [0.2, 0.25) is 0 Å². The van der Waals surface area contributed by atoms with Gasteiger partial charge in [0.05, 0.1) is 6.10 Å². The molecule has 3 atom stereocenters. The predicted molar refractivity (Wildman–Crippen MR) is 60.5 cm³/mol. The molecule has 0 heterocycles. The topological polar surface area (TPSA) is 21.3 Å². The van der Waals surface area contributed by atoms with Crippen molar-refractivity contribution in [3.05, 3.63) is 0 Å². The number of ether oxygens (including phenoxy) is 1. The first-order valence-corrected chi connectivity index (χ1v) is 5.94. The Kier molecular flexibility index (Phi) is 4.90. The highest BCUT2D eigenvalue weighted by Gasteiger charge is 2.23. The predicted octanol–water partition coefficient (Wildman–Crippen LogP) is 2.58. The Morgan fingerprint density at radius 2 is 1.71 bits per heavy atom. The molecule has 2 heteroatoms. The molecule has 1 aliphatic rings. The van der Waals surface area contributed by atoms with Gasteiger partial charge >= 0.3 is 0 Å². The van der Waals surface area contributed by atoms with E-state index in [2.05, 4.69) is 26.1 Å². The van der Waals surface area contributed by atoms with Gasteiger partial charge in [-0.05, 0) is 39.5 Å². The van der Waals surface area contributed by atoms with E-state index in [0.29, 0.717) is 18.2 Å². The number of nitrogens with one attached hydrogen (secondary N) is 1. The van der Waals surface area contributed by atoms with Crippen LogP contribution >= 0.6 is 0 Å². The highest BCUT2D eigenvalue weighted by Crippen LogP contribution is 2.27. The van der Waals surface area contributed by atoms with E-state index in [1.807, 2.05) is 0 Å². The monoisotopic (exact) mass is 199 g/mol. The summed E-state index contributed by atoms with van der Waals surface area (Å²) >= 11 is 0. The van der Waals surface area contributed by atoms with Crippen molar-refractivity contribution in [1.29, 1.82) is 0 Å². The Balaban J connectivity index is 2.27. The highest BCUT2D eigenvalue weighted by atomic mass is 16.5. The maximum absolute atomic E-state index is 5.31. The molecule has 0 aromatic rings. The molecule has 84 valence electrons. The van der Waals surface area contributed by atoms with Crippen LogP contribution in [0.3, 0.4) is 0 Å². The summed E-state index contributed by atoms with van der Waals surface area (Å²) in [5.74, 6) is 0.890. The Labute approximate surface area is 88.4 Å². The minimum Gasteiger partial charge on any atom is -0.380 e. The van der Waals surface area contributed by atoms with Gasteiger partial charge in [0.1, 0.15) is 0 Å². The van der Waals surface area contributed by atoms with E-state index in [4.69, 9.17) is 4.74 Å². The molecule has 1 aliphatic carbocycles. The summed E-state index contributed by atoms with van der Waals surface area (Å²) in [6, 6.07) is 1.10. The van der Waals surface area contributed by atoms with Crippen LogP contribution in [0.2, 0.25) is 0 Å². The lowest BCUT2D eigenvalue weighted by molar-refractivity contribution is 0.0819. The third kappa shape index (κ3) is 3.25. The van der Waals surface area contributed by atoms with E-state index < -0.39 is 0 Å². The van der Waals surface area contributed by atoms with Crippen molar-refractivity contribution in [2.24, 2.45) is 5.92 Å². The zero-order valence-corrected chi connectivity index (χ0v) is 10.0. The van der Waals surface area contributed by atoms with Gasteiger partial charge in [0.25, 0.3) is 0 Å². The molecule has 0 saturated heterocycles. The van der Waals surface area contributed by atoms with Crippen molar-refractivity contribution in [3.8, 4) is 0 Å². The minimum absolute atomic E-state index is 0.304. The lowest BCUT2D eigenvalue weighted by Crippen LogP contribution is -2.44. The van der Waals surface area contributed by atoms with Crippen molar-refractivity contribution in [3.63, 3.8) is 0 Å². The zero-order valence-electron chi connectivity index (χ0n) is 10.0. The van der Waals surface area contributed by atoms with E-state index in [1.54, 1.807) is 7.11 Å². The molecule has 2 nitrogen and oxygen atoms in total. The summed E-state index contributed by atoms with van der Waals surface area (Å²) in [4.78, 5) is 0. The second kappa shape index (κ2) is 5.72. The number of methoxy groups -OCH3 is 1. The largest absolute Gasteiger partial charge is 0.380 e. The SMILES string of the molecule is COC(C)C(C)N[C@@H](C)C1CCCC1. The quantitative estimate of drug-likeness (QED) is 0.735. The Morgan fingerprint density at radius 1 is 1.14 bits per heavy atom. The van der Waals surface area contributed by atoms with Gasteiger partial charge in [-0.3, -0.25) is 0 Å². The molecule has 1 N–H and O–H groups in total. The second-order valence-corrected chi connectivity index (χ2v) is 4.73. The fourth-order valence-corrected chi connectivity index (χ4v) is 2.35. The number of hydrogen-bond donors (Lipinski definition) is 1. The maximum atomic E-state index is 5.31. The van der Waals surface area contributed by atoms with Crippen LogP contribution in [0.15, 0.2) is 0 Å². The van der Waals surface area contributed by atoms with Crippen molar-refractivity contribution >= 4 is 0 Å². The van der Waals surface area contributed by atoms with Crippen LogP contribution in [-0.2, 0) is 4.74 Å². The van der Waals surface area contributed by atoms with Crippen LogP contribution in [0.25, 0.3) is 0 Å². The molecular formula is C12H25NO. The Hall–Kier alpha value is -0.0800. The molecular weight excluding hydrogens is 174 g/mol. The Morgan fingerprint density at radius 3 is 2.21 bits per heavy atom. The summed E-state index contributed by atoms with van der Waals surface area (Å²) in [6.07, 6.45) is 5.96. The average molecular weight is 199 g/mol. The first-order valence-electron chi connectivity index (χ1n) is 5.94. The fraction of sp³-hybridized carbons (Fsp3) is 1.00. The molecule has 0 aromatic heterocycles. The summed E-state index contributed by atoms with van der Waals surface area (Å²) in [5.41, 5.74) is 0. The van der Waals surface area contributed by atoms with Crippen LogP contribution in [0.1, 0.15) is 46.5 Å². The molecule has 14 heavy (non-hydrogen) atoms. The minimum atomic E-state index is 0.304. The first kappa shape index (κ1) is 12.0. The van der Waals surface area contributed by atoms with Crippen LogP contribution in [0.4, 0.5) is 0 Å². The van der Waals surface area contributed by atoms with Crippen molar-refractivity contribution < 1.29 is 4.74 Å². The van der Waals surface area contributed by atoms with E-state index in [1.165, 1.54) is 25.7 Å². The van der Waals surface area contributed by atoms with Crippen LogP contribution in [-0.4, -0.2) is 25.3 Å². The van der Waals surface area contributed by atoms with Gasteiger partial charge in [-0.15, -0.1) is 0 Å². The Bertz CT molecular complexity index is 154. The summed E-state index contributed by atoms with van der Waals surface area (Å²) < 4.78 is 5.31. The second-order valence-electron chi connectivity index (χ2n) is 4.73. The highest BCUT2D eigenvalue weighted by molar-refractivity contribution is 4.81. The van der Waals surface area contributed by atoms with Gasteiger partial charge in [0, 0.05) is 19.2 Å². The molecule has 0 amide bonds. The molecule has 1 saturated carbocycles. The van der Waals surface area contributed by atoms with Gasteiger partial charge in [-0.2, -0.15) is 0 Å². The van der Waals surface area contributed by atoms with Gasteiger partial charge < -0.3 is 10.1 Å². The molecule has 0 radical (unpaired) electrons. The molecule has 0 bridgehead atoms. The van der Waals surface area contributed by atoms with Crippen LogP contribution in [0, 0.1) is 5.92 Å². The lowest BCUT2D eigenvalue weighted by atomic mass is 9.98. The molecule has 0 aromatic carbocycles. The van der Waals surface area contributed by atoms with Crippen molar-refractivity contribution in [2.75, 3.05) is 7.11 Å². The third-order valence-corrected chi connectivity index (χ3v) is 3.71. The van der Waals surface area contributed by atoms with Crippen LogP contribution in [0.5, 0.6) is 0 Å². The number of rotatable bonds is 5. The van der Waals surface area contributed by atoms with Gasteiger partial charge in [0.15, 0.2) is 0 Å². The van der Waals surface area contributed by atoms with Crippen LogP contribution < -0.4 is 5.32 Å². The van der Waals surface area contributed by atoms with Crippen molar-refractivity contribution in [2.45, 2.75) is 64.6 Å². The molecule has 0 spiro atoms. The standard InChI is InChI=1S/C12H25NO/c1-9(11(3)14-4)13-10(2)12-7-5-6-8-12/h9-13H,5-8H2,1-4H3/t9?,10-,11?/m0/s1. The molecule has 2 unspecified atom stereocenters. The zero-order chi connectivity index (χ0) is 10.6. The fourth-order valence-electron chi connectivity index (χ4n) is 2.35. The van der Waals surface area contributed by atoms with E-state index in [9.17, 15) is 0 Å². The third-order valence-electron chi connectivity index (χ3n) is 3.71. The molecule has 1 fully saturated rings. The normalized spacial score (nSPS) is 24.9. The number of hydrogen-bond acceptors (Lipinski definition) is 2. The lowest BCUT2D eigenvalue weighted by Gasteiger charge is -2.27. The maximum Gasteiger partial charge on any atom is 0.0693 e.